The zero-order valence-corrected chi connectivity index (χ0v) is 14.1. The van der Waals surface area contributed by atoms with Gasteiger partial charge in [-0.05, 0) is 25.3 Å². The highest BCUT2D eigenvalue weighted by Crippen LogP contribution is 2.08. The number of hydrogen-bond donors (Lipinski definition) is 1. The van der Waals surface area contributed by atoms with Crippen LogP contribution in [0, 0.1) is 5.92 Å². The SMILES string of the molecule is CC(C)CCCC(C)NC(=O)Cn1ncc2ccccc2c1=O. The first-order valence-electron chi connectivity index (χ1n) is 8.21. The summed E-state index contributed by atoms with van der Waals surface area (Å²) in [6.45, 7) is 6.34. The molecule has 1 N–H and O–H groups in total. The number of benzene rings is 1. The predicted molar refractivity (Wildman–Crippen MR) is 92.3 cm³/mol. The van der Waals surface area contributed by atoms with E-state index in [4.69, 9.17) is 0 Å². The molecule has 1 aromatic heterocycles. The first-order valence-corrected chi connectivity index (χ1v) is 8.21. The summed E-state index contributed by atoms with van der Waals surface area (Å²) in [5.74, 6) is 0.505. The number of nitrogens with one attached hydrogen (secondary N) is 1. The van der Waals surface area contributed by atoms with Crippen LogP contribution in [0.15, 0.2) is 35.3 Å². The highest BCUT2D eigenvalue weighted by atomic mass is 16.2. The lowest BCUT2D eigenvalue weighted by Gasteiger charge is -2.15. The Morgan fingerprint density at radius 2 is 1.96 bits per heavy atom. The first-order chi connectivity index (χ1) is 11.0. The summed E-state index contributed by atoms with van der Waals surface area (Å²) in [6.07, 6.45) is 4.82. The summed E-state index contributed by atoms with van der Waals surface area (Å²) in [5, 5.41) is 8.39. The zero-order valence-electron chi connectivity index (χ0n) is 14.1. The molecule has 0 saturated heterocycles. The smallest absolute Gasteiger partial charge is 0.275 e. The molecule has 0 bridgehead atoms. The van der Waals surface area contributed by atoms with Crippen molar-refractivity contribution < 1.29 is 4.79 Å². The summed E-state index contributed by atoms with van der Waals surface area (Å²) in [6, 6.07) is 7.37. The Balaban J connectivity index is 1.95. The van der Waals surface area contributed by atoms with Crippen LogP contribution in [0.2, 0.25) is 0 Å². The van der Waals surface area contributed by atoms with Crippen LogP contribution in [0.3, 0.4) is 0 Å². The normalized spacial score (nSPS) is 12.5. The summed E-state index contributed by atoms with van der Waals surface area (Å²) >= 11 is 0. The van der Waals surface area contributed by atoms with Crippen LogP contribution in [0.4, 0.5) is 0 Å². The van der Waals surface area contributed by atoms with E-state index in [9.17, 15) is 9.59 Å². The van der Waals surface area contributed by atoms with Crippen molar-refractivity contribution in [3.8, 4) is 0 Å². The molecule has 23 heavy (non-hydrogen) atoms. The number of carbonyl (C=O) groups is 1. The minimum Gasteiger partial charge on any atom is -0.352 e. The first kappa shape index (κ1) is 17.2. The van der Waals surface area contributed by atoms with Crippen LogP contribution in [-0.4, -0.2) is 21.7 Å². The van der Waals surface area contributed by atoms with Gasteiger partial charge in [0.05, 0.1) is 11.6 Å². The number of fused-ring (bicyclic) bond motifs is 1. The zero-order chi connectivity index (χ0) is 16.8. The van der Waals surface area contributed by atoms with Crippen LogP contribution < -0.4 is 10.9 Å². The van der Waals surface area contributed by atoms with Crippen molar-refractivity contribution >= 4 is 16.7 Å². The number of carbonyl (C=O) groups excluding carboxylic acids is 1. The molecule has 1 aromatic carbocycles. The molecular formula is C18H25N3O2. The number of aromatic nitrogens is 2. The second-order valence-corrected chi connectivity index (χ2v) is 6.49. The molecule has 5 heteroatoms. The second-order valence-electron chi connectivity index (χ2n) is 6.49. The van der Waals surface area contributed by atoms with Gasteiger partial charge in [0.1, 0.15) is 6.54 Å². The van der Waals surface area contributed by atoms with E-state index in [1.54, 1.807) is 12.3 Å². The fraction of sp³-hybridized carbons (Fsp3) is 0.500. The molecular weight excluding hydrogens is 290 g/mol. The van der Waals surface area contributed by atoms with E-state index in [0.717, 1.165) is 24.6 Å². The second kappa shape index (κ2) is 7.90. The molecule has 1 amide bonds. The predicted octanol–water partition coefficient (Wildman–Crippen LogP) is 2.73. The van der Waals surface area contributed by atoms with Gasteiger partial charge in [-0.1, -0.05) is 44.9 Å². The average Bonchev–Trinajstić information content (AvgIpc) is 2.50. The summed E-state index contributed by atoms with van der Waals surface area (Å²) in [4.78, 5) is 24.4. The van der Waals surface area contributed by atoms with Crippen LogP contribution in [-0.2, 0) is 11.3 Å². The molecule has 2 aromatic rings. The molecule has 0 fully saturated rings. The maximum absolute atomic E-state index is 12.3. The molecule has 1 atom stereocenters. The van der Waals surface area contributed by atoms with Gasteiger partial charge in [0.25, 0.3) is 5.56 Å². The summed E-state index contributed by atoms with van der Waals surface area (Å²) in [5.41, 5.74) is -0.231. The highest BCUT2D eigenvalue weighted by Gasteiger charge is 2.11. The fourth-order valence-electron chi connectivity index (χ4n) is 2.60. The van der Waals surface area contributed by atoms with Gasteiger partial charge < -0.3 is 5.32 Å². The van der Waals surface area contributed by atoms with E-state index < -0.39 is 0 Å². The quantitative estimate of drug-likeness (QED) is 0.854. The topological polar surface area (TPSA) is 64.0 Å². The Bertz CT molecular complexity index is 722. The Labute approximate surface area is 136 Å². The van der Waals surface area contributed by atoms with Crippen LogP contribution >= 0.6 is 0 Å². The van der Waals surface area contributed by atoms with Gasteiger partial charge in [0.15, 0.2) is 0 Å². The van der Waals surface area contributed by atoms with E-state index in [2.05, 4.69) is 24.3 Å². The molecule has 1 unspecified atom stereocenters. The highest BCUT2D eigenvalue weighted by molar-refractivity contribution is 5.81. The molecule has 0 aliphatic carbocycles. The van der Waals surface area contributed by atoms with Crippen molar-refractivity contribution in [2.24, 2.45) is 5.92 Å². The molecule has 124 valence electrons. The van der Waals surface area contributed by atoms with E-state index in [1.807, 2.05) is 25.1 Å². The number of rotatable bonds is 7. The molecule has 0 saturated carbocycles. The maximum atomic E-state index is 12.3. The van der Waals surface area contributed by atoms with Gasteiger partial charge in [-0.3, -0.25) is 9.59 Å². The minimum absolute atomic E-state index is 0.0435. The van der Waals surface area contributed by atoms with Gasteiger partial charge >= 0.3 is 0 Å². The Kier molecular flexibility index (Phi) is 5.90. The van der Waals surface area contributed by atoms with Gasteiger partial charge in [-0.2, -0.15) is 5.10 Å². The van der Waals surface area contributed by atoms with Crippen molar-refractivity contribution in [3.63, 3.8) is 0 Å². The fourth-order valence-corrected chi connectivity index (χ4v) is 2.60. The third-order valence-electron chi connectivity index (χ3n) is 3.88. The third-order valence-corrected chi connectivity index (χ3v) is 3.88. The van der Waals surface area contributed by atoms with Crippen molar-refractivity contribution in [2.75, 3.05) is 0 Å². The number of hydrogen-bond acceptors (Lipinski definition) is 3. The van der Waals surface area contributed by atoms with E-state index in [1.165, 1.54) is 4.68 Å². The lowest BCUT2D eigenvalue weighted by molar-refractivity contribution is -0.122. The molecule has 2 rings (SSSR count). The van der Waals surface area contributed by atoms with E-state index in [0.29, 0.717) is 11.3 Å². The number of nitrogens with zero attached hydrogens (tertiary/aromatic N) is 2. The maximum Gasteiger partial charge on any atom is 0.275 e. The minimum atomic E-state index is -0.231. The van der Waals surface area contributed by atoms with Crippen molar-refractivity contribution in [3.05, 3.63) is 40.8 Å². The summed E-state index contributed by atoms with van der Waals surface area (Å²) < 4.78 is 1.22. The van der Waals surface area contributed by atoms with Gasteiger partial charge in [-0.25, -0.2) is 4.68 Å². The molecule has 5 nitrogen and oxygen atoms in total. The van der Waals surface area contributed by atoms with Crippen molar-refractivity contribution in [1.29, 1.82) is 0 Å². The monoisotopic (exact) mass is 315 g/mol. The molecule has 0 spiro atoms. The Morgan fingerprint density at radius 1 is 1.22 bits per heavy atom. The summed E-state index contributed by atoms with van der Waals surface area (Å²) in [7, 11) is 0. The van der Waals surface area contributed by atoms with Crippen LogP contribution in [0.25, 0.3) is 10.8 Å². The molecule has 1 heterocycles. The lowest BCUT2D eigenvalue weighted by atomic mass is 10.0. The molecule has 0 radical (unpaired) electrons. The average molecular weight is 315 g/mol. The third kappa shape index (κ3) is 4.91. The molecule has 0 aliphatic rings. The number of amides is 1. The van der Waals surface area contributed by atoms with Gasteiger partial charge in [0, 0.05) is 11.4 Å². The van der Waals surface area contributed by atoms with E-state index in [-0.39, 0.29) is 24.1 Å². The van der Waals surface area contributed by atoms with Crippen molar-refractivity contribution in [2.45, 2.75) is 52.6 Å². The van der Waals surface area contributed by atoms with Gasteiger partial charge in [-0.15, -0.1) is 0 Å². The Hall–Kier alpha value is -2.17. The van der Waals surface area contributed by atoms with Gasteiger partial charge in [0.2, 0.25) is 5.91 Å². The lowest BCUT2D eigenvalue weighted by Crippen LogP contribution is -2.38. The largest absolute Gasteiger partial charge is 0.352 e. The Morgan fingerprint density at radius 3 is 2.70 bits per heavy atom. The van der Waals surface area contributed by atoms with Crippen LogP contribution in [0.1, 0.15) is 40.0 Å². The van der Waals surface area contributed by atoms with E-state index >= 15 is 0 Å². The standard InChI is InChI=1S/C18H25N3O2/c1-13(2)7-6-8-14(3)20-17(22)12-21-18(23)16-10-5-4-9-15(16)11-19-21/h4-5,9-11,13-14H,6-8,12H2,1-3H3,(H,20,22). The van der Waals surface area contributed by atoms with Crippen LogP contribution in [0.5, 0.6) is 0 Å². The van der Waals surface area contributed by atoms with Crippen molar-refractivity contribution in [1.82, 2.24) is 15.1 Å². The molecule has 0 aliphatic heterocycles.